The van der Waals surface area contributed by atoms with Gasteiger partial charge in [-0.3, -0.25) is 24.2 Å². The van der Waals surface area contributed by atoms with Gasteiger partial charge in [-0.15, -0.1) is 0 Å². The van der Waals surface area contributed by atoms with Gasteiger partial charge in [-0.25, -0.2) is 17.9 Å². The number of piperazine rings is 1. The molecule has 5 N–H and O–H groups in total. The van der Waals surface area contributed by atoms with Crippen molar-refractivity contribution in [2.75, 3.05) is 44.6 Å². The molecule has 254 valence electrons. The molecule has 1 saturated heterocycles. The Balaban J connectivity index is 1.38. The molecule has 1 fully saturated rings. The molecule has 0 aliphatic carbocycles. The van der Waals surface area contributed by atoms with Gasteiger partial charge in [0.1, 0.15) is 12.1 Å². The quantitative estimate of drug-likeness (QED) is 0.261. The predicted octanol–water partition coefficient (Wildman–Crippen LogP) is 0.715. The number of hydrogen-bond acceptors (Lipinski definition) is 8. The summed E-state index contributed by atoms with van der Waals surface area (Å²) in [5.41, 5.74) is 3.13. The van der Waals surface area contributed by atoms with Crippen molar-refractivity contribution in [2.24, 2.45) is 0 Å². The Hall–Kier alpha value is -4.63. The number of amides is 3. The zero-order chi connectivity index (χ0) is 34.1. The summed E-state index contributed by atoms with van der Waals surface area (Å²) in [6.07, 6.45) is -0.108. The first-order valence-corrected chi connectivity index (χ1v) is 17.4. The van der Waals surface area contributed by atoms with Gasteiger partial charge in [-0.05, 0) is 40.8 Å². The summed E-state index contributed by atoms with van der Waals surface area (Å²) in [5, 5.41) is 18.3. The minimum Gasteiger partial charge on any atom is -0.480 e. The average molecular weight is 677 g/mol. The van der Waals surface area contributed by atoms with Gasteiger partial charge >= 0.3 is 5.97 Å². The lowest BCUT2D eigenvalue weighted by Crippen LogP contribution is -2.53. The summed E-state index contributed by atoms with van der Waals surface area (Å²) in [4.78, 5) is 55.3. The molecule has 14 heteroatoms. The van der Waals surface area contributed by atoms with Gasteiger partial charge < -0.3 is 21.1 Å². The van der Waals surface area contributed by atoms with Crippen LogP contribution in [0.25, 0.3) is 0 Å². The largest absolute Gasteiger partial charge is 0.480 e. The van der Waals surface area contributed by atoms with Crippen molar-refractivity contribution in [1.29, 1.82) is 0 Å². The molecule has 0 spiro atoms. The minimum absolute atomic E-state index is 0.0425. The zero-order valence-corrected chi connectivity index (χ0v) is 27.2. The smallest absolute Gasteiger partial charge is 0.326 e. The topological polar surface area (TPSA) is 177 Å². The Morgan fingerprint density at radius 2 is 1.33 bits per heavy atom. The zero-order valence-electron chi connectivity index (χ0n) is 26.4. The van der Waals surface area contributed by atoms with E-state index in [0.717, 1.165) is 5.56 Å². The van der Waals surface area contributed by atoms with Gasteiger partial charge in [0.2, 0.25) is 27.7 Å². The minimum atomic E-state index is -4.01. The van der Waals surface area contributed by atoms with Crippen LogP contribution in [0, 0.1) is 0 Å². The highest BCUT2D eigenvalue weighted by Crippen LogP contribution is 2.14. The normalized spacial score (nSPS) is 23.0. The van der Waals surface area contributed by atoms with E-state index in [9.17, 15) is 32.7 Å². The van der Waals surface area contributed by atoms with E-state index in [1.807, 2.05) is 9.80 Å². The van der Waals surface area contributed by atoms with Gasteiger partial charge in [0, 0.05) is 44.8 Å². The first-order chi connectivity index (χ1) is 23.0. The van der Waals surface area contributed by atoms with Crippen LogP contribution in [-0.4, -0.2) is 98.4 Å². The number of anilines is 1. The molecule has 2 atom stereocenters. The number of carbonyl (C=O) groups excluding carboxylic acids is 3. The second-order valence-electron chi connectivity index (χ2n) is 12.1. The van der Waals surface area contributed by atoms with Crippen molar-refractivity contribution >= 4 is 39.4 Å². The third-order valence-corrected chi connectivity index (χ3v) is 9.64. The van der Waals surface area contributed by atoms with Crippen molar-refractivity contribution in [3.8, 4) is 0 Å². The first kappa shape index (κ1) is 34.7. The van der Waals surface area contributed by atoms with Crippen LogP contribution < -0.4 is 20.7 Å². The van der Waals surface area contributed by atoms with Crippen LogP contribution in [-0.2, 0) is 54.3 Å². The predicted molar refractivity (Wildman–Crippen MR) is 179 cm³/mol. The van der Waals surface area contributed by atoms with Crippen molar-refractivity contribution in [2.45, 2.75) is 37.2 Å². The molecule has 6 bridgehead atoms. The van der Waals surface area contributed by atoms with E-state index in [-0.39, 0.29) is 50.0 Å². The summed E-state index contributed by atoms with van der Waals surface area (Å²) in [6, 6.07) is 19.6. The van der Waals surface area contributed by atoms with Crippen LogP contribution in [0.5, 0.6) is 0 Å². The summed E-state index contributed by atoms with van der Waals surface area (Å²) in [5.74, 6) is -2.75. The highest BCUT2D eigenvalue weighted by Gasteiger charge is 2.29. The maximum Gasteiger partial charge on any atom is 0.326 e. The number of carboxylic acid groups (broad SMARTS) is 1. The number of fused-ring (bicyclic) bond motifs is 3. The Morgan fingerprint density at radius 3 is 1.96 bits per heavy atom. The molecule has 5 aliphatic heterocycles. The lowest BCUT2D eigenvalue weighted by molar-refractivity contribution is -0.142. The number of nitrogens with one attached hydrogen (secondary N) is 4. The molecule has 48 heavy (non-hydrogen) atoms. The molecule has 13 nitrogen and oxygen atoms in total. The molecular formula is C34H40N6O7S. The van der Waals surface area contributed by atoms with Crippen molar-refractivity contribution in [1.82, 2.24) is 25.2 Å². The van der Waals surface area contributed by atoms with Crippen LogP contribution in [0.4, 0.5) is 5.69 Å². The Labute approximate surface area is 279 Å². The standard InChI is InChI=1S/C34H40N6O7S/c41-31-21-39-14-16-40(17-15-39)22-32(42)36-28-12-10-25(11-13-28)19-30(34(44)45)37-33(43)29(18-24-6-8-26(9-7-24)20-35-31)38-48(46,47)23-27-4-2-1-3-5-27/h1-13,29-30,38H,14-23H2,(H,35,41)(H,36,42)(H,37,43)(H,44,45)/t29-,30+/m1/s1. The third-order valence-electron chi connectivity index (χ3n) is 8.28. The number of aliphatic carboxylic acids is 1. The number of hydrogen-bond donors (Lipinski definition) is 5. The maximum atomic E-state index is 13.6. The summed E-state index contributed by atoms with van der Waals surface area (Å²) < 4.78 is 28.9. The van der Waals surface area contributed by atoms with Gasteiger partial charge in [0.15, 0.2) is 0 Å². The van der Waals surface area contributed by atoms with E-state index in [4.69, 9.17) is 0 Å². The van der Waals surface area contributed by atoms with E-state index in [1.165, 1.54) is 0 Å². The van der Waals surface area contributed by atoms with Crippen LogP contribution in [0.3, 0.4) is 0 Å². The Bertz CT molecular complexity index is 1690. The van der Waals surface area contributed by atoms with Gasteiger partial charge in [-0.1, -0.05) is 66.7 Å². The lowest BCUT2D eigenvalue weighted by Gasteiger charge is -2.33. The lowest BCUT2D eigenvalue weighted by atomic mass is 10.0. The van der Waals surface area contributed by atoms with E-state index in [0.29, 0.717) is 48.6 Å². The molecule has 0 saturated carbocycles. The van der Waals surface area contributed by atoms with Gasteiger partial charge in [-0.2, -0.15) is 0 Å². The highest BCUT2D eigenvalue weighted by atomic mass is 32.2. The van der Waals surface area contributed by atoms with Crippen LogP contribution in [0.15, 0.2) is 78.9 Å². The Kier molecular flexibility index (Phi) is 11.5. The molecule has 3 amide bonds. The van der Waals surface area contributed by atoms with Crippen molar-refractivity contribution < 1.29 is 32.7 Å². The molecule has 8 rings (SSSR count). The van der Waals surface area contributed by atoms with Crippen molar-refractivity contribution in [3.05, 3.63) is 101 Å². The molecular weight excluding hydrogens is 636 g/mol. The van der Waals surface area contributed by atoms with E-state index in [2.05, 4.69) is 20.7 Å². The number of rotatable bonds is 5. The second kappa shape index (κ2) is 16.0. The first-order valence-electron chi connectivity index (χ1n) is 15.8. The summed E-state index contributed by atoms with van der Waals surface area (Å²) in [7, 11) is -4.01. The van der Waals surface area contributed by atoms with Gasteiger partial charge in [0.25, 0.3) is 0 Å². The number of sulfonamides is 1. The average Bonchev–Trinajstić information content (AvgIpc) is 3.05. The van der Waals surface area contributed by atoms with Crippen LogP contribution in [0.1, 0.15) is 22.3 Å². The van der Waals surface area contributed by atoms with Crippen LogP contribution in [0.2, 0.25) is 0 Å². The fraction of sp³-hybridized carbons (Fsp3) is 0.353. The SMILES string of the molecule is O=C1CN2CCN(CC2)CC(=O)Nc2ccc(cc2)C[C@@H](C(=O)O)NC(=O)[C@H](NS(=O)(=O)Cc2ccccc2)Cc2ccc(cc2)CN1. The molecule has 3 aromatic rings. The number of nitrogens with zero attached hydrogens (tertiary/aromatic N) is 2. The van der Waals surface area contributed by atoms with Crippen molar-refractivity contribution in [3.63, 3.8) is 0 Å². The van der Waals surface area contributed by atoms with E-state index < -0.39 is 34.0 Å². The fourth-order valence-corrected chi connectivity index (χ4v) is 7.01. The third kappa shape index (κ3) is 10.4. The molecule has 0 aromatic heterocycles. The fourth-order valence-electron chi connectivity index (χ4n) is 5.67. The summed E-state index contributed by atoms with van der Waals surface area (Å²) in [6.45, 7) is 3.31. The maximum absolute atomic E-state index is 13.6. The number of carbonyl (C=O) groups is 4. The second-order valence-corrected chi connectivity index (χ2v) is 13.9. The molecule has 5 aliphatic rings. The summed E-state index contributed by atoms with van der Waals surface area (Å²) >= 11 is 0. The number of benzene rings is 3. The number of carboxylic acids is 1. The molecule has 0 radical (unpaired) electrons. The van der Waals surface area contributed by atoms with Crippen LogP contribution >= 0.6 is 0 Å². The monoisotopic (exact) mass is 676 g/mol. The Morgan fingerprint density at radius 1 is 0.771 bits per heavy atom. The molecule has 3 aromatic carbocycles. The molecule has 0 unspecified atom stereocenters. The van der Waals surface area contributed by atoms with Gasteiger partial charge in [0.05, 0.1) is 18.8 Å². The molecule has 5 heterocycles. The van der Waals surface area contributed by atoms with E-state index >= 15 is 0 Å². The highest BCUT2D eigenvalue weighted by molar-refractivity contribution is 7.88. The van der Waals surface area contributed by atoms with E-state index in [1.54, 1.807) is 78.9 Å².